The first kappa shape index (κ1) is 26.1. The summed E-state index contributed by atoms with van der Waals surface area (Å²) in [5.74, 6) is -0.0541. The summed E-state index contributed by atoms with van der Waals surface area (Å²) in [6.45, 7) is 3.72. The zero-order valence-corrected chi connectivity index (χ0v) is 20.4. The number of rotatable bonds is 10. The molecule has 0 unspecified atom stereocenters. The quantitative estimate of drug-likeness (QED) is 0.564. The Morgan fingerprint density at radius 1 is 1.09 bits per heavy atom. The van der Waals surface area contributed by atoms with Crippen molar-refractivity contribution in [1.82, 2.24) is 14.1 Å². The minimum absolute atomic E-state index is 0.0136. The van der Waals surface area contributed by atoms with Crippen LogP contribution in [-0.4, -0.2) is 88.3 Å². The summed E-state index contributed by atoms with van der Waals surface area (Å²) >= 11 is 0. The molecule has 1 heterocycles. The predicted octanol–water partition coefficient (Wildman–Crippen LogP) is 2.00. The topological polar surface area (TPSA) is 99.3 Å². The van der Waals surface area contributed by atoms with Crippen molar-refractivity contribution in [1.29, 1.82) is 0 Å². The number of sulfonamides is 1. The van der Waals surface area contributed by atoms with E-state index in [0.717, 1.165) is 32.1 Å². The minimum atomic E-state index is -3.66. The van der Waals surface area contributed by atoms with Crippen LogP contribution < -0.4 is 10.1 Å². The van der Waals surface area contributed by atoms with E-state index in [1.54, 1.807) is 25.1 Å². The summed E-state index contributed by atoms with van der Waals surface area (Å²) in [4.78, 5) is 28.2. The lowest BCUT2D eigenvalue weighted by Gasteiger charge is -2.23. The second kappa shape index (κ2) is 12.2. The highest BCUT2D eigenvalue weighted by Gasteiger charge is 2.26. The number of nitrogens with one attached hydrogen (secondary N) is 1. The van der Waals surface area contributed by atoms with Gasteiger partial charge in [0, 0.05) is 27.2 Å². The van der Waals surface area contributed by atoms with Crippen LogP contribution in [0.5, 0.6) is 5.75 Å². The number of hydrogen-bond acceptors (Lipinski definition) is 6. The number of likely N-dealkylation sites (N-methyl/N-ethyl adjacent to an activating group) is 1. The predicted molar refractivity (Wildman–Crippen MR) is 124 cm³/mol. The molecule has 0 atom stereocenters. The van der Waals surface area contributed by atoms with Crippen LogP contribution in [0.2, 0.25) is 0 Å². The van der Waals surface area contributed by atoms with E-state index in [2.05, 4.69) is 5.32 Å². The van der Waals surface area contributed by atoms with Gasteiger partial charge in [0.2, 0.25) is 21.8 Å². The first-order valence-corrected chi connectivity index (χ1v) is 12.5. The molecule has 2 rings (SSSR count). The van der Waals surface area contributed by atoms with E-state index in [-0.39, 0.29) is 29.8 Å². The zero-order chi connectivity index (χ0) is 23.7. The van der Waals surface area contributed by atoms with Crippen LogP contribution in [0.4, 0.5) is 5.69 Å². The molecule has 1 aromatic rings. The molecule has 1 N–H and O–H groups in total. The van der Waals surface area contributed by atoms with Gasteiger partial charge in [0.1, 0.15) is 5.75 Å². The summed E-state index contributed by atoms with van der Waals surface area (Å²) < 4.78 is 33.1. The first-order chi connectivity index (χ1) is 15.2. The average molecular weight is 469 g/mol. The van der Waals surface area contributed by atoms with Crippen LogP contribution in [0.15, 0.2) is 23.1 Å². The van der Waals surface area contributed by atoms with Crippen molar-refractivity contribution >= 4 is 27.5 Å². The van der Waals surface area contributed by atoms with Crippen molar-refractivity contribution in [2.75, 3.05) is 59.2 Å². The molecule has 180 valence electrons. The molecule has 9 nitrogen and oxygen atoms in total. The summed E-state index contributed by atoms with van der Waals surface area (Å²) in [5, 5.41) is 2.77. The van der Waals surface area contributed by atoms with Crippen LogP contribution in [-0.2, 0) is 19.6 Å². The Hall–Kier alpha value is -2.17. The molecule has 0 aliphatic carbocycles. The monoisotopic (exact) mass is 468 g/mol. The fraction of sp³-hybridized carbons (Fsp3) is 0.636. The second-order valence-corrected chi connectivity index (χ2v) is 10.2. The summed E-state index contributed by atoms with van der Waals surface area (Å²) in [6, 6.07) is 4.51. The van der Waals surface area contributed by atoms with Crippen molar-refractivity contribution < 1.29 is 22.7 Å². The standard InChI is InChI=1S/C22H36N4O5S/c1-5-12-25(17-22(28)24(2)3)16-21(27)23-19-15-18(10-11-20(19)31-4)32(29,30)26-13-8-6-7-9-14-26/h10-11,15H,5-9,12-14,16-17H2,1-4H3,(H,23,27). The van der Waals surface area contributed by atoms with Gasteiger partial charge in [-0.2, -0.15) is 4.31 Å². The van der Waals surface area contributed by atoms with Gasteiger partial charge in [0.25, 0.3) is 0 Å². The van der Waals surface area contributed by atoms with Gasteiger partial charge in [-0.25, -0.2) is 8.42 Å². The lowest BCUT2D eigenvalue weighted by Crippen LogP contribution is -2.41. The SMILES string of the molecule is CCCN(CC(=O)Nc1cc(S(=O)(=O)N2CCCCCC2)ccc1OC)CC(=O)N(C)C. The molecule has 32 heavy (non-hydrogen) atoms. The highest BCUT2D eigenvalue weighted by molar-refractivity contribution is 7.89. The van der Waals surface area contributed by atoms with Crippen LogP contribution >= 0.6 is 0 Å². The van der Waals surface area contributed by atoms with Crippen LogP contribution in [0.25, 0.3) is 0 Å². The zero-order valence-electron chi connectivity index (χ0n) is 19.6. The van der Waals surface area contributed by atoms with E-state index < -0.39 is 10.0 Å². The smallest absolute Gasteiger partial charge is 0.243 e. The number of amides is 2. The van der Waals surface area contributed by atoms with Crippen molar-refractivity contribution in [3.05, 3.63) is 18.2 Å². The molecule has 0 aromatic heterocycles. The molecule has 1 aliphatic heterocycles. The van der Waals surface area contributed by atoms with Gasteiger partial charge in [-0.05, 0) is 44.0 Å². The molecular formula is C22H36N4O5S. The lowest BCUT2D eigenvalue weighted by molar-refractivity contribution is -0.130. The third-order valence-electron chi connectivity index (χ3n) is 5.41. The molecule has 1 aromatic carbocycles. The maximum absolute atomic E-state index is 13.1. The first-order valence-electron chi connectivity index (χ1n) is 11.1. The van der Waals surface area contributed by atoms with Gasteiger partial charge in [0.05, 0.1) is 30.8 Å². The number of carbonyl (C=O) groups is 2. The number of benzene rings is 1. The number of carbonyl (C=O) groups excluding carboxylic acids is 2. The molecule has 0 radical (unpaired) electrons. The van der Waals surface area contributed by atoms with Crippen LogP contribution in [0.3, 0.4) is 0 Å². The Morgan fingerprint density at radius 2 is 1.75 bits per heavy atom. The molecule has 1 fully saturated rings. The molecule has 2 amide bonds. The van der Waals surface area contributed by atoms with Gasteiger partial charge in [-0.1, -0.05) is 19.8 Å². The van der Waals surface area contributed by atoms with E-state index in [1.807, 2.05) is 6.92 Å². The second-order valence-electron chi connectivity index (χ2n) is 8.23. The number of ether oxygens (including phenoxy) is 1. The van der Waals surface area contributed by atoms with Crippen molar-refractivity contribution in [2.45, 2.75) is 43.9 Å². The molecule has 0 bridgehead atoms. The Balaban J connectivity index is 2.19. The highest BCUT2D eigenvalue weighted by atomic mass is 32.2. The maximum atomic E-state index is 13.1. The van der Waals surface area contributed by atoms with Gasteiger partial charge in [-0.3, -0.25) is 14.5 Å². The number of anilines is 1. The third-order valence-corrected chi connectivity index (χ3v) is 7.31. The van der Waals surface area contributed by atoms with Gasteiger partial charge in [-0.15, -0.1) is 0 Å². The third kappa shape index (κ3) is 7.18. The Kier molecular flexibility index (Phi) is 9.92. The molecule has 10 heteroatoms. The minimum Gasteiger partial charge on any atom is -0.495 e. The van der Waals surface area contributed by atoms with E-state index >= 15 is 0 Å². The molecule has 0 spiro atoms. The van der Waals surface area contributed by atoms with E-state index in [4.69, 9.17) is 4.74 Å². The van der Waals surface area contributed by atoms with Crippen LogP contribution in [0.1, 0.15) is 39.0 Å². The normalized spacial score (nSPS) is 15.3. The average Bonchev–Trinajstić information content (AvgIpc) is 3.03. The Labute approximate surface area is 191 Å². The van der Waals surface area contributed by atoms with Crippen molar-refractivity contribution in [3.8, 4) is 5.75 Å². The molecule has 1 saturated heterocycles. The van der Waals surface area contributed by atoms with Crippen LogP contribution in [0, 0.1) is 0 Å². The van der Waals surface area contributed by atoms with Crippen molar-refractivity contribution in [2.24, 2.45) is 0 Å². The van der Waals surface area contributed by atoms with E-state index in [0.29, 0.717) is 31.1 Å². The number of hydrogen-bond donors (Lipinski definition) is 1. The largest absolute Gasteiger partial charge is 0.495 e. The highest BCUT2D eigenvalue weighted by Crippen LogP contribution is 2.29. The molecule has 0 saturated carbocycles. The number of nitrogens with zero attached hydrogens (tertiary/aromatic N) is 3. The summed E-state index contributed by atoms with van der Waals surface area (Å²) in [6.07, 6.45) is 4.54. The summed E-state index contributed by atoms with van der Waals surface area (Å²) in [5.41, 5.74) is 0.295. The van der Waals surface area contributed by atoms with Gasteiger partial charge < -0.3 is 15.0 Å². The Morgan fingerprint density at radius 3 is 2.31 bits per heavy atom. The van der Waals surface area contributed by atoms with Gasteiger partial charge >= 0.3 is 0 Å². The van der Waals surface area contributed by atoms with E-state index in [9.17, 15) is 18.0 Å². The number of methoxy groups -OCH3 is 1. The maximum Gasteiger partial charge on any atom is 0.243 e. The Bertz CT molecular complexity index is 880. The fourth-order valence-electron chi connectivity index (χ4n) is 3.63. The lowest BCUT2D eigenvalue weighted by atomic mass is 10.2. The molecule has 1 aliphatic rings. The fourth-order valence-corrected chi connectivity index (χ4v) is 5.18. The summed E-state index contributed by atoms with van der Waals surface area (Å²) in [7, 11) is 1.15. The van der Waals surface area contributed by atoms with Gasteiger partial charge in [0.15, 0.2) is 0 Å². The van der Waals surface area contributed by atoms with E-state index in [1.165, 1.54) is 28.4 Å². The van der Waals surface area contributed by atoms with Crippen molar-refractivity contribution in [3.63, 3.8) is 0 Å². The molecular weight excluding hydrogens is 432 g/mol.